The molecule has 2 amide bonds. The fourth-order valence-electron chi connectivity index (χ4n) is 0.893. The Morgan fingerprint density at radius 3 is 2.54 bits per heavy atom. The number of amides is 2. The molecule has 0 aliphatic rings. The van der Waals surface area contributed by atoms with Crippen molar-refractivity contribution in [3.63, 3.8) is 0 Å². The number of nitrogens with zero attached hydrogens (tertiary/aromatic N) is 1. The minimum Gasteiger partial charge on any atom is -0.287 e. The zero-order chi connectivity index (χ0) is 9.68. The van der Waals surface area contributed by atoms with Crippen LogP contribution in [0.3, 0.4) is 0 Å². The minimum absolute atomic E-state index is 0.675. The molecule has 0 atom stereocenters. The van der Waals surface area contributed by atoms with Gasteiger partial charge >= 0.3 is 6.03 Å². The summed E-state index contributed by atoms with van der Waals surface area (Å²) in [6.07, 6.45) is 0. The van der Waals surface area contributed by atoms with Crippen molar-refractivity contribution in [2.45, 2.75) is 0 Å². The number of anilines is 1. The molecule has 1 aromatic carbocycles. The Balaban J connectivity index is 2.59. The molecule has 1 aromatic rings. The predicted octanol–water partition coefficient (Wildman–Crippen LogP) is 0.726. The van der Waals surface area contributed by atoms with E-state index in [0.29, 0.717) is 0 Å². The maximum Gasteiger partial charge on any atom is 0.357 e. The lowest BCUT2D eigenvalue weighted by molar-refractivity contribution is 0.161. The number of nitrogens with one attached hydrogen (secondary N) is 2. The number of hydroxylamine groups is 1. The Bertz CT molecular complexity index is 276. The van der Waals surface area contributed by atoms with E-state index in [2.05, 4.69) is 5.43 Å². The third kappa shape index (κ3) is 2.64. The molecule has 0 aromatic heterocycles. The number of urea groups is 1. The molecule has 3 N–H and O–H groups in total. The summed E-state index contributed by atoms with van der Waals surface area (Å²) in [5.41, 5.74) is 4.68. The van der Waals surface area contributed by atoms with Crippen LogP contribution in [0.2, 0.25) is 0 Å². The van der Waals surface area contributed by atoms with Crippen LogP contribution in [0.15, 0.2) is 30.3 Å². The molecule has 0 saturated heterocycles. The van der Waals surface area contributed by atoms with E-state index in [-0.39, 0.29) is 0 Å². The third-order valence-electron chi connectivity index (χ3n) is 1.51. The molecule has 0 unspecified atom stereocenters. The number of carbonyl (C=O) groups excluding carboxylic acids is 1. The van der Waals surface area contributed by atoms with Gasteiger partial charge < -0.3 is 0 Å². The number of carbonyl (C=O) groups is 1. The number of hydrogen-bond donors (Lipinski definition) is 3. The maximum atomic E-state index is 10.7. The smallest absolute Gasteiger partial charge is 0.287 e. The topological polar surface area (TPSA) is 64.6 Å². The van der Waals surface area contributed by atoms with Crippen LogP contribution in [0.5, 0.6) is 0 Å². The van der Waals surface area contributed by atoms with Gasteiger partial charge in [-0.15, -0.1) is 0 Å². The molecule has 0 heterocycles. The Hall–Kier alpha value is -1.75. The Kier molecular flexibility index (Phi) is 3.10. The minimum atomic E-state index is -0.675. The van der Waals surface area contributed by atoms with Gasteiger partial charge in [-0.3, -0.25) is 10.2 Å². The quantitative estimate of drug-likeness (QED) is 0.465. The van der Waals surface area contributed by atoms with E-state index >= 15 is 0 Å². The average Bonchev–Trinajstić information content (AvgIpc) is 2.19. The first-order valence-corrected chi connectivity index (χ1v) is 3.73. The van der Waals surface area contributed by atoms with Crippen molar-refractivity contribution in [3.05, 3.63) is 30.3 Å². The molecule has 70 valence electrons. The molecule has 1 rings (SSSR count). The lowest BCUT2D eigenvalue weighted by atomic mass is 10.3. The molecule has 5 heteroatoms. The predicted molar refractivity (Wildman–Crippen MR) is 48.3 cm³/mol. The third-order valence-corrected chi connectivity index (χ3v) is 1.51. The summed E-state index contributed by atoms with van der Waals surface area (Å²) in [7, 11) is 1.67. The average molecular weight is 181 g/mol. The molecule has 0 radical (unpaired) electrons. The van der Waals surface area contributed by atoms with Gasteiger partial charge in [-0.1, -0.05) is 18.2 Å². The number of hydrogen-bond acceptors (Lipinski definition) is 3. The highest BCUT2D eigenvalue weighted by Gasteiger charge is 2.02. The van der Waals surface area contributed by atoms with Crippen molar-refractivity contribution < 1.29 is 10.0 Å². The monoisotopic (exact) mass is 181 g/mol. The summed E-state index contributed by atoms with van der Waals surface area (Å²) in [5.74, 6) is 0. The first-order chi connectivity index (χ1) is 6.24. The Labute approximate surface area is 75.9 Å². The molecule has 0 fully saturated rings. The highest BCUT2D eigenvalue weighted by Crippen LogP contribution is 2.07. The van der Waals surface area contributed by atoms with Crippen LogP contribution >= 0.6 is 0 Å². The Morgan fingerprint density at radius 2 is 2.00 bits per heavy atom. The molecular weight excluding hydrogens is 170 g/mol. The highest BCUT2D eigenvalue weighted by molar-refractivity contribution is 5.74. The van der Waals surface area contributed by atoms with Gasteiger partial charge in [0.2, 0.25) is 0 Å². The van der Waals surface area contributed by atoms with Crippen molar-refractivity contribution in [1.82, 2.24) is 10.9 Å². The van der Waals surface area contributed by atoms with Crippen LogP contribution in [0, 0.1) is 0 Å². The lowest BCUT2D eigenvalue weighted by Gasteiger charge is -2.19. The molecule has 0 bridgehead atoms. The number of benzene rings is 1. The molecule has 0 spiro atoms. The van der Waals surface area contributed by atoms with Gasteiger partial charge in [0.15, 0.2) is 0 Å². The molecule has 5 nitrogen and oxygen atoms in total. The second-order valence-corrected chi connectivity index (χ2v) is 2.45. The van der Waals surface area contributed by atoms with E-state index in [4.69, 9.17) is 5.21 Å². The largest absolute Gasteiger partial charge is 0.357 e. The first kappa shape index (κ1) is 9.34. The van der Waals surface area contributed by atoms with E-state index in [1.807, 2.05) is 30.3 Å². The van der Waals surface area contributed by atoms with Gasteiger partial charge in [0.1, 0.15) is 0 Å². The molecule has 13 heavy (non-hydrogen) atoms. The SMILES string of the molecule is CN(NC(=O)NO)c1ccccc1. The van der Waals surface area contributed by atoms with E-state index in [1.54, 1.807) is 7.05 Å². The van der Waals surface area contributed by atoms with Crippen molar-refractivity contribution in [2.75, 3.05) is 12.1 Å². The van der Waals surface area contributed by atoms with E-state index < -0.39 is 6.03 Å². The first-order valence-electron chi connectivity index (χ1n) is 3.73. The normalized spacial score (nSPS) is 9.08. The van der Waals surface area contributed by atoms with Crippen molar-refractivity contribution in [2.24, 2.45) is 0 Å². The van der Waals surface area contributed by atoms with Gasteiger partial charge in [-0.2, -0.15) is 0 Å². The zero-order valence-corrected chi connectivity index (χ0v) is 7.19. The molecule has 0 aliphatic heterocycles. The second kappa shape index (κ2) is 4.32. The summed E-state index contributed by atoms with van der Waals surface area (Å²) in [5, 5.41) is 9.73. The number of rotatable bonds is 2. The lowest BCUT2D eigenvalue weighted by Crippen LogP contribution is -2.44. The summed E-state index contributed by atoms with van der Waals surface area (Å²) < 4.78 is 0. The van der Waals surface area contributed by atoms with Crippen LogP contribution < -0.4 is 15.9 Å². The maximum absolute atomic E-state index is 10.7. The van der Waals surface area contributed by atoms with Crippen LogP contribution in [-0.4, -0.2) is 18.3 Å². The second-order valence-electron chi connectivity index (χ2n) is 2.45. The highest BCUT2D eigenvalue weighted by atomic mass is 16.5. The Morgan fingerprint density at radius 1 is 1.38 bits per heavy atom. The molecule has 0 saturated carbocycles. The van der Waals surface area contributed by atoms with Crippen LogP contribution in [-0.2, 0) is 0 Å². The van der Waals surface area contributed by atoms with Crippen molar-refractivity contribution in [3.8, 4) is 0 Å². The standard InChI is InChI=1S/C8H11N3O2/c1-11(9-8(12)10-13)7-5-3-2-4-6-7/h2-6,13H,1H3,(H2,9,10,12). The van der Waals surface area contributed by atoms with E-state index in [9.17, 15) is 4.79 Å². The van der Waals surface area contributed by atoms with Gasteiger partial charge in [-0.25, -0.2) is 15.7 Å². The van der Waals surface area contributed by atoms with Crippen LogP contribution in [0.1, 0.15) is 0 Å². The van der Waals surface area contributed by atoms with Gasteiger partial charge in [0.25, 0.3) is 0 Å². The summed E-state index contributed by atoms with van der Waals surface area (Å²) >= 11 is 0. The fraction of sp³-hybridized carbons (Fsp3) is 0.125. The number of para-hydroxylation sites is 1. The van der Waals surface area contributed by atoms with E-state index in [1.165, 1.54) is 10.5 Å². The molecule has 0 aliphatic carbocycles. The fourth-order valence-corrected chi connectivity index (χ4v) is 0.893. The van der Waals surface area contributed by atoms with Crippen LogP contribution in [0.25, 0.3) is 0 Å². The van der Waals surface area contributed by atoms with E-state index in [0.717, 1.165) is 5.69 Å². The number of hydrazine groups is 1. The van der Waals surface area contributed by atoms with Crippen molar-refractivity contribution in [1.29, 1.82) is 0 Å². The van der Waals surface area contributed by atoms with Crippen LogP contribution in [0.4, 0.5) is 10.5 Å². The zero-order valence-electron chi connectivity index (χ0n) is 7.19. The molecular formula is C8H11N3O2. The summed E-state index contributed by atoms with van der Waals surface area (Å²) in [6.45, 7) is 0. The summed E-state index contributed by atoms with van der Waals surface area (Å²) in [4.78, 5) is 10.7. The summed E-state index contributed by atoms with van der Waals surface area (Å²) in [6, 6.07) is 8.57. The van der Waals surface area contributed by atoms with Gasteiger partial charge in [0, 0.05) is 7.05 Å². The van der Waals surface area contributed by atoms with Gasteiger partial charge in [0.05, 0.1) is 5.69 Å². The van der Waals surface area contributed by atoms with Crippen molar-refractivity contribution >= 4 is 11.7 Å². The van der Waals surface area contributed by atoms with Gasteiger partial charge in [-0.05, 0) is 12.1 Å².